The van der Waals surface area contributed by atoms with Crippen LogP contribution in [0.4, 0.5) is 0 Å². The topological polar surface area (TPSA) is 219 Å². The van der Waals surface area contributed by atoms with E-state index in [1.807, 2.05) is 57.2 Å². The molecule has 57 heavy (non-hydrogen) atoms. The van der Waals surface area contributed by atoms with Crippen molar-refractivity contribution in [2.45, 2.75) is 107 Å². The molecule has 2 fully saturated rings. The van der Waals surface area contributed by atoms with Gasteiger partial charge in [0, 0.05) is 50.4 Å². The highest BCUT2D eigenvalue weighted by Crippen LogP contribution is 2.58. The fraction of sp³-hybridized carbons (Fsp3) is 0.500. The predicted molar refractivity (Wildman–Crippen MR) is 212 cm³/mol. The zero-order chi connectivity index (χ0) is 40.6. The number of fused-ring (bicyclic) bond motifs is 3. The maximum atomic E-state index is 13.7. The Bertz CT molecular complexity index is 1760. The van der Waals surface area contributed by atoms with Gasteiger partial charge in [0.25, 0.3) is 0 Å². The fourth-order valence-electron chi connectivity index (χ4n) is 8.75. The number of carbonyl (C=O) groups is 2. The van der Waals surface area contributed by atoms with Gasteiger partial charge in [-0.3, -0.25) is 4.79 Å². The van der Waals surface area contributed by atoms with E-state index in [1.54, 1.807) is 68.8 Å². The monoisotopic (exact) mass is 793 g/mol. The first-order chi connectivity index (χ1) is 26.8. The highest BCUT2D eigenvalue weighted by atomic mass is 16.6. The number of amides is 1. The van der Waals surface area contributed by atoms with E-state index in [9.17, 15) is 30.0 Å². The number of benzene rings is 3. The number of carbonyl (C=O) groups excluding carboxylic acids is 2. The molecule has 3 aromatic rings. The molecule has 2 aliphatic carbocycles. The van der Waals surface area contributed by atoms with Crippen LogP contribution in [0.2, 0.25) is 0 Å². The van der Waals surface area contributed by atoms with Gasteiger partial charge in [0.05, 0.1) is 42.7 Å². The fourth-order valence-corrected chi connectivity index (χ4v) is 8.75. The minimum absolute atomic E-state index is 0. The van der Waals surface area contributed by atoms with E-state index in [1.165, 1.54) is 0 Å². The Morgan fingerprint density at radius 3 is 1.96 bits per heavy atom. The Morgan fingerprint density at radius 2 is 1.47 bits per heavy atom. The molecular weight excluding hydrogens is 734 g/mol. The molecule has 13 heteroatoms. The molecule has 0 radical (unpaired) electrons. The SMILES string of the molecule is CC/C1=C(/C)C(O[C@H](O)[C@H](O)Cc2ccccc2)C[C@@H](O)[C@@H](OC(=O)c2ccccc2)[C@H]2[C@](C)(C[C@@H]1OC)[C@@H](O)C[C@H]1OC[C@]12OC.NC(=O)c1ccccc1.O. The largest absolute Gasteiger partial charge is 0.456 e. The van der Waals surface area contributed by atoms with Crippen LogP contribution in [-0.2, 0) is 30.1 Å². The molecule has 11 atom stereocenters. The molecule has 3 aromatic carbocycles. The van der Waals surface area contributed by atoms with Crippen LogP contribution in [-0.4, -0.2) is 113 Å². The first-order valence-corrected chi connectivity index (χ1v) is 19.2. The van der Waals surface area contributed by atoms with Gasteiger partial charge in [0.2, 0.25) is 5.91 Å². The summed E-state index contributed by atoms with van der Waals surface area (Å²) in [6.07, 6.45) is -6.72. The molecule has 3 aliphatic rings. The molecule has 1 saturated heterocycles. The van der Waals surface area contributed by atoms with E-state index < -0.39 is 71.9 Å². The molecule has 13 nitrogen and oxygen atoms in total. The number of hydrogen-bond donors (Lipinski definition) is 5. The van der Waals surface area contributed by atoms with Crippen LogP contribution in [0.5, 0.6) is 0 Å². The van der Waals surface area contributed by atoms with Crippen LogP contribution in [0, 0.1) is 11.3 Å². The normalized spacial score (nSPS) is 32.0. The second-order valence-electron chi connectivity index (χ2n) is 15.2. The van der Waals surface area contributed by atoms with Gasteiger partial charge in [0.15, 0.2) is 6.29 Å². The maximum absolute atomic E-state index is 13.7. The summed E-state index contributed by atoms with van der Waals surface area (Å²) in [5, 5.41) is 46.1. The molecule has 6 rings (SSSR count). The van der Waals surface area contributed by atoms with E-state index in [4.69, 9.17) is 29.4 Å². The molecule has 0 spiro atoms. The third kappa shape index (κ3) is 9.99. The summed E-state index contributed by atoms with van der Waals surface area (Å²) in [7, 11) is 3.20. The van der Waals surface area contributed by atoms with Crippen LogP contribution in [0.25, 0.3) is 0 Å². The number of hydrogen-bond acceptors (Lipinski definition) is 11. The second-order valence-corrected chi connectivity index (χ2v) is 15.2. The lowest BCUT2D eigenvalue weighted by molar-refractivity contribution is -0.346. The number of aliphatic hydroxyl groups is 4. The number of esters is 1. The van der Waals surface area contributed by atoms with E-state index >= 15 is 0 Å². The Kier molecular flexibility index (Phi) is 16.1. The van der Waals surface area contributed by atoms with Crippen molar-refractivity contribution in [3.8, 4) is 0 Å². The van der Waals surface area contributed by atoms with Crippen LogP contribution < -0.4 is 5.73 Å². The van der Waals surface area contributed by atoms with Crippen molar-refractivity contribution in [1.82, 2.24) is 0 Å². The standard InChI is InChI=1S/C37H50O10.C7H7NO.H2O/c1-6-25-22(2)28(46-35(42)27(39)17-23-13-9-7-10-14-23)18-26(38)32(47-34(41)24-15-11-8-12-16-24)33-36(3,20-29(25)43-4)30(40)19-31-37(33,44-5)21-45-31;8-7(9)6-4-2-1-3-5-6;/h7-16,26-33,35,38-40,42H,6,17-21H2,1-5H3;1-5H,(H2,8,9);1H2/b25-22+;;/t26-,27-,28?,29+,30+,31-,32-,33+,35+,36-,37+;;/m1../s1. The van der Waals surface area contributed by atoms with Gasteiger partial charge in [-0.25, -0.2) is 4.79 Å². The van der Waals surface area contributed by atoms with Crippen molar-refractivity contribution in [2.75, 3.05) is 20.8 Å². The van der Waals surface area contributed by atoms with Gasteiger partial charge < -0.3 is 55.3 Å². The van der Waals surface area contributed by atoms with Crippen LogP contribution in [0.3, 0.4) is 0 Å². The van der Waals surface area contributed by atoms with Gasteiger partial charge in [0.1, 0.15) is 17.8 Å². The van der Waals surface area contributed by atoms with E-state index in [-0.39, 0.29) is 30.8 Å². The minimum Gasteiger partial charge on any atom is -0.456 e. The molecule has 1 amide bonds. The Labute approximate surface area is 334 Å². The van der Waals surface area contributed by atoms with Gasteiger partial charge in [-0.2, -0.15) is 0 Å². The number of ether oxygens (including phenoxy) is 5. The minimum atomic E-state index is -1.58. The lowest BCUT2D eigenvalue weighted by atomic mass is 9.51. The molecule has 1 aliphatic heterocycles. The molecule has 1 saturated carbocycles. The molecule has 8 N–H and O–H groups in total. The smallest absolute Gasteiger partial charge is 0.338 e. The second kappa shape index (κ2) is 20.1. The summed E-state index contributed by atoms with van der Waals surface area (Å²) < 4.78 is 30.7. The Balaban J connectivity index is 0.000000634. The van der Waals surface area contributed by atoms with E-state index in [0.29, 0.717) is 30.4 Å². The Hall–Kier alpha value is -4.02. The number of rotatable bonds is 11. The van der Waals surface area contributed by atoms with Gasteiger partial charge in [-0.05, 0) is 60.7 Å². The lowest BCUT2D eigenvalue weighted by Gasteiger charge is -2.64. The quantitative estimate of drug-likeness (QED) is 0.107. The summed E-state index contributed by atoms with van der Waals surface area (Å²) in [5.41, 5.74) is 6.41. The highest BCUT2D eigenvalue weighted by Gasteiger charge is 2.69. The van der Waals surface area contributed by atoms with Crippen LogP contribution in [0.1, 0.15) is 72.7 Å². The zero-order valence-corrected chi connectivity index (χ0v) is 33.3. The number of aliphatic hydroxyl groups excluding tert-OH is 4. The van der Waals surface area contributed by atoms with Crippen LogP contribution in [0.15, 0.2) is 102 Å². The van der Waals surface area contributed by atoms with E-state index in [2.05, 4.69) is 0 Å². The summed E-state index contributed by atoms with van der Waals surface area (Å²) in [4.78, 5) is 24.1. The first-order valence-electron chi connectivity index (χ1n) is 19.2. The molecule has 312 valence electrons. The summed E-state index contributed by atoms with van der Waals surface area (Å²) in [6.45, 7) is 6.01. The molecule has 1 heterocycles. The van der Waals surface area contributed by atoms with Crippen molar-refractivity contribution in [3.63, 3.8) is 0 Å². The van der Waals surface area contributed by atoms with E-state index in [0.717, 1.165) is 16.7 Å². The molecule has 0 bridgehead atoms. The Morgan fingerprint density at radius 1 is 0.895 bits per heavy atom. The summed E-state index contributed by atoms with van der Waals surface area (Å²) in [5.74, 6) is -1.72. The summed E-state index contributed by atoms with van der Waals surface area (Å²) >= 11 is 0. The van der Waals surface area contributed by atoms with Crippen molar-refractivity contribution in [3.05, 3.63) is 119 Å². The average molecular weight is 794 g/mol. The van der Waals surface area contributed by atoms with Crippen molar-refractivity contribution >= 4 is 11.9 Å². The van der Waals surface area contributed by atoms with Crippen molar-refractivity contribution in [1.29, 1.82) is 0 Å². The van der Waals surface area contributed by atoms with Crippen molar-refractivity contribution in [2.24, 2.45) is 17.1 Å². The summed E-state index contributed by atoms with van der Waals surface area (Å²) in [6, 6.07) is 26.6. The maximum Gasteiger partial charge on any atom is 0.338 e. The predicted octanol–water partition coefficient (Wildman–Crippen LogP) is 3.55. The lowest BCUT2D eigenvalue weighted by Crippen LogP contribution is -2.76. The number of nitrogens with two attached hydrogens (primary N) is 1. The van der Waals surface area contributed by atoms with Gasteiger partial charge in [-0.15, -0.1) is 0 Å². The third-order valence-corrected chi connectivity index (χ3v) is 11.9. The molecule has 1 unspecified atom stereocenters. The van der Waals surface area contributed by atoms with Crippen molar-refractivity contribution < 1.29 is 59.2 Å². The zero-order valence-electron chi connectivity index (χ0n) is 33.3. The van der Waals surface area contributed by atoms with Crippen LogP contribution >= 0.6 is 0 Å². The number of primary amides is 1. The third-order valence-electron chi connectivity index (χ3n) is 11.9. The molecule has 0 aromatic heterocycles. The molecular formula is C44H59NO12. The van der Waals surface area contributed by atoms with Gasteiger partial charge in [-0.1, -0.05) is 80.6 Å². The van der Waals surface area contributed by atoms with Gasteiger partial charge >= 0.3 is 5.97 Å². The average Bonchev–Trinajstić information content (AvgIpc) is 3.20. The highest BCUT2D eigenvalue weighted by molar-refractivity contribution is 5.92. The first kappa shape index (κ1) is 45.7. The number of methoxy groups -OCH3 is 2.